The van der Waals surface area contributed by atoms with Crippen molar-refractivity contribution in [3.8, 4) is 0 Å². The zero-order valence-electron chi connectivity index (χ0n) is 11.0. The van der Waals surface area contributed by atoms with Gasteiger partial charge in [0.2, 0.25) is 10.0 Å². The van der Waals surface area contributed by atoms with Crippen molar-refractivity contribution in [1.29, 1.82) is 0 Å². The second-order valence-corrected chi connectivity index (χ2v) is 6.46. The van der Waals surface area contributed by atoms with E-state index in [0.717, 1.165) is 12.1 Å². The zero-order chi connectivity index (χ0) is 15.5. The molecule has 1 atom stereocenters. The molecule has 0 aliphatic heterocycles. The van der Waals surface area contributed by atoms with Gasteiger partial charge in [0.05, 0.1) is 14.8 Å². The summed E-state index contributed by atoms with van der Waals surface area (Å²) in [5.41, 5.74) is -0.147. The molecule has 1 unspecified atom stereocenters. The number of nitro groups is 1. The molecule has 9 heteroatoms. The van der Waals surface area contributed by atoms with Crippen LogP contribution >= 0.6 is 11.6 Å². The number of nitro benzene ring substituents is 1. The summed E-state index contributed by atoms with van der Waals surface area (Å²) in [6.45, 7) is 2.86. The van der Waals surface area contributed by atoms with E-state index in [0.29, 0.717) is 0 Å². The van der Waals surface area contributed by atoms with Gasteiger partial charge in [-0.15, -0.1) is 0 Å². The predicted molar refractivity (Wildman–Crippen MR) is 74.3 cm³/mol. The maximum Gasteiger partial charge on any atom is 0.275 e. The summed E-state index contributed by atoms with van der Waals surface area (Å²) in [5.74, 6) is 0. The van der Waals surface area contributed by atoms with E-state index < -0.39 is 21.0 Å². The number of rotatable bonds is 6. The van der Waals surface area contributed by atoms with Crippen LogP contribution < -0.4 is 4.72 Å². The molecule has 112 valence electrons. The smallest absolute Gasteiger partial charge is 0.275 e. The average molecular weight is 323 g/mol. The number of benzene rings is 1. The summed E-state index contributed by atoms with van der Waals surface area (Å²) in [6.07, 6.45) is 0.237. The number of hydrogen-bond donors (Lipinski definition) is 2. The Morgan fingerprint density at radius 3 is 2.60 bits per heavy atom. The quantitative estimate of drug-likeness (QED) is 0.610. The first kappa shape index (κ1) is 16.8. The highest BCUT2D eigenvalue weighted by Crippen LogP contribution is 2.29. The van der Waals surface area contributed by atoms with Crippen molar-refractivity contribution in [3.63, 3.8) is 0 Å². The molecule has 0 fully saturated rings. The second-order valence-electron chi connectivity index (χ2n) is 4.34. The number of nitrogens with one attached hydrogen (secondary N) is 1. The minimum Gasteiger partial charge on any atom is -0.396 e. The van der Waals surface area contributed by atoms with Gasteiger partial charge in [0.1, 0.15) is 0 Å². The standard InChI is InChI=1S/C11H15ClN2O5S/c1-7(3-4-15)13-20(18,19)9-5-10(12)8(2)11(6-9)14(16)17/h5-7,13,15H,3-4H2,1-2H3. The van der Waals surface area contributed by atoms with Crippen LogP contribution in [0, 0.1) is 17.0 Å². The van der Waals surface area contributed by atoms with Crippen molar-refractivity contribution in [3.05, 3.63) is 32.8 Å². The third kappa shape index (κ3) is 3.89. The molecule has 0 amide bonds. The molecule has 1 rings (SSSR count). The maximum absolute atomic E-state index is 12.1. The Kier molecular flexibility index (Phi) is 5.46. The highest BCUT2D eigenvalue weighted by atomic mass is 35.5. The van der Waals surface area contributed by atoms with Gasteiger partial charge in [-0.1, -0.05) is 11.6 Å². The molecule has 0 radical (unpaired) electrons. The Morgan fingerprint density at radius 1 is 1.50 bits per heavy atom. The molecule has 0 saturated heterocycles. The first-order valence-corrected chi connectivity index (χ1v) is 7.63. The van der Waals surface area contributed by atoms with E-state index in [2.05, 4.69) is 4.72 Å². The Balaban J connectivity index is 3.22. The topological polar surface area (TPSA) is 110 Å². The van der Waals surface area contributed by atoms with Crippen LogP contribution in [0.2, 0.25) is 5.02 Å². The van der Waals surface area contributed by atoms with E-state index in [1.54, 1.807) is 6.92 Å². The van der Waals surface area contributed by atoms with Crippen LogP contribution in [0.5, 0.6) is 0 Å². The molecule has 2 N–H and O–H groups in total. The molecule has 1 aromatic rings. The van der Waals surface area contributed by atoms with Crippen LogP contribution in [-0.2, 0) is 10.0 Å². The van der Waals surface area contributed by atoms with Crippen molar-refractivity contribution in [2.45, 2.75) is 31.2 Å². The lowest BCUT2D eigenvalue weighted by Crippen LogP contribution is -2.33. The van der Waals surface area contributed by atoms with Crippen molar-refractivity contribution in [2.75, 3.05) is 6.61 Å². The SMILES string of the molecule is Cc1c(Cl)cc(S(=O)(=O)NC(C)CCO)cc1[N+](=O)[O-]. The van der Waals surface area contributed by atoms with Crippen LogP contribution in [0.3, 0.4) is 0 Å². The highest BCUT2D eigenvalue weighted by Gasteiger charge is 2.23. The Hall–Kier alpha value is -1.22. The van der Waals surface area contributed by atoms with Gasteiger partial charge >= 0.3 is 0 Å². The monoisotopic (exact) mass is 322 g/mol. The number of nitrogens with zero attached hydrogens (tertiary/aromatic N) is 1. The van der Waals surface area contributed by atoms with E-state index in [9.17, 15) is 18.5 Å². The normalized spacial score (nSPS) is 13.2. The summed E-state index contributed by atoms with van der Waals surface area (Å²) in [6, 6.07) is 1.64. The average Bonchev–Trinajstić information content (AvgIpc) is 2.31. The molecule has 0 saturated carbocycles. The van der Waals surface area contributed by atoms with Gasteiger partial charge < -0.3 is 5.11 Å². The van der Waals surface area contributed by atoms with Crippen LogP contribution in [0.15, 0.2) is 17.0 Å². The van der Waals surface area contributed by atoms with Crippen LogP contribution in [0.1, 0.15) is 18.9 Å². The van der Waals surface area contributed by atoms with Gasteiger partial charge in [-0.2, -0.15) is 0 Å². The first-order chi connectivity index (χ1) is 9.19. The van der Waals surface area contributed by atoms with E-state index >= 15 is 0 Å². The molecule has 0 bridgehead atoms. The van der Waals surface area contributed by atoms with E-state index in [1.165, 1.54) is 6.92 Å². The maximum atomic E-state index is 12.1. The molecule has 7 nitrogen and oxygen atoms in total. The first-order valence-electron chi connectivity index (χ1n) is 5.76. The van der Waals surface area contributed by atoms with Gasteiger partial charge in [0.25, 0.3) is 5.69 Å². The fourth-order valence-electron chi connectivity index (χ4n) is 1.57. The Bertz CT molecular complexity index is 617. The highest BCUT2D eigenvalue weighted by molar-refractivity contribution is 7.89. The van der Waals surface area contributed by atoms with E-state index in [1.807, 2.05) is 0 Å². The molecule has 0 spiro atoms. The van der Waals surface area contributed by atoms with Crippen LogP contribution in [0.25, 0.3) is 0 Å². The molecule has 0 heterocycles. The van der Waals surface area contributed by atoms with Crippen molar-refractivity contribution < 1.29 is 18.4 Å². The lowest BCUT2D eigenvalue weighted by atomic mass is 10.2. The van der Waals surface area contributed by atoms with Gasteiger partial charge in [0.15, 0.2) is 0 Å². The lowest BCUT2D eigenvalue weighted by Gasteiger charge is -2.13. The zero-order valence-corrected chi connectivity index (χ0v) is 12.5. The Morgan fingerprint density at radius 2 is 2.10 bits per heavy atom. The van der Waals surface area contributed by atoms with Crippen molar-refractivity contribution >= 4 is 27.3 Å². The number of aliphatic hydroxyl groups is 1. The van der Waals surface area contributed by atoms with Crippen molar-refractivity contribution in [2.24, 2.45) is 0 Å². The summed E-state index contributed by atoms with van der Waals surface area (Å²) in [7, 11) is -3.93. The fourth-order valence-corrected chi connectivity index (χ4v) is 3.17. The van der Waals surface area contributed by atoms with Crippen LogP contribution in [-0.4, -0.2) is 31.1 Å². The van der Waals surface area contributed by atoms with E-state index in [-0.39, 0.29) is 34.2 Å². The summed E-state index contributed by atoms with van der Waals surface area (Å²) >= 11 is 5.83. The molecular formula is C11H15ClN2O5S. The summed E-state index contributed by atoms with van der Waals surface area (Å²) in [5, 5.41) is 19.6. The number of aliphatic hydroxyl groups excluding tert-OH is 1. The number of hydrogen-bond acceptors (Lipinski definition) is 5. The predicted octanol–water partition coefficient (Wildman–Crippen LogP) is 1.61. The minimum absolute atomic E-state index is 0.00869. The molecule has 0 aliphatic carbocycles. The molecule has 0 aromatic heterocycles. The van der Waals surface area contributed by atoms with Crippen molar-refractivity contribution in [1.82, 2.24) is 4.72 Å². The summed E-state index contributed by atoms with van der Waals surface area (Å²) in [4.78, 5) is 9.92. The van der Waals surface area contributed by atoms with Gasteiger partial charge in [-0.3, -0.25) is 10.1 Å². The number of halogens is 1. The molecule has 20 heavy (non-hydrogen) atoms. The third-order valence-corrected chi connectivity index (χ3v) is 4.68. The second kappa shape index (κ2) is 6.49. The van der Waals surface area contributed by atoms with Gasteiger partial charge in [0, 0.05) is 24.3 Å². The summed E-state index contributed by atoms with van der Waals surface area (Å²) < 4.78 is 26.5. The third-order valence-electron chi connectivity index (χ3n) is 2.72. The fraction of sp³-hybridized carbons (Fsp3) is 0.455. The lowest BCUT2D eigenvalue weighted by molar-refractivity contribution is -0.385. The molecular weight excluding hydrogens is 308 g/mol. The van der Waals surface area contributed by atoms with E-state index in [4.69, 9.17) is 16.7 Å². The molecule has 0 aliphatic rings. The largest absolute Gasteiger partial charge is 0.396 e. The molecule has 1 aromatic carbocycles. The number of sulfonamides is 1. The van der Waals surface area contributed by atoms with Crippen LogP contribution in [0.4, 0.5) is 5.69 Å². The Labute approximate surface area is 121 Å². The van der Waals surface area contributed by atoms with Gasteiger partial charge in [-0.05, 0) is 26.3 Å². The minimum atomic E-state index is -3.93. The van der Waals surface area contributed by atoms with Gasteiger partial charge in [-0.25, -0.2) is 13.1 Å².